The van der Waals surface area contributed by atoms with Crippen LogP contribution >= 0.6 is 0 Å². The van der Waals surface area contributed by atoms with Gasteiger partial charge in [-0.25, -0.2) is 15.2 Å². The standard InChI is InChI=1S/C33H34N2O6/c36-32(31-21-27(13-15-30(31)33(37)38)19-25-10-5-2-6-11-25)34-16-7-17-35-40-22-29-20-26(12-14-28(29)23-41-39)18-24-8-3-1-4-9-24/h1-6,8-15,20-21,35,39H,7,16-19,22-23H2,(H,34,36)(H,37,38). The zero-order chi connectivity index (χ0) is 28.9. The van der Waals surface area contributed by atoms with E-state index in [1.807, 2.05) is 66.7 Å². The van der Waals surface area contributed by atoms with Crippen LogP contribution in [0.3, 0.4) is 0 Å². The fourth-order valence-corrected chi connectivity index (χ4v) is 4.53. The molecule has 4 rings (SSSR count). The molecule has 0 saturated carbocycles. The minimum atomic E-state index is -1.14. The van der Waals surface area contributed by atoms with Gasteiger partial charge >= 0.3 is 5.97 Å². The molecule has 8 heteroatoms. The minimum absolute atomic E-state index is 0.0297. The molecular formula is C33H34N2O6. The summed E-state index contributed by atoms with van der Waals surface area (Å²) >= 11 is 0. The van der Waals surface area contributed by atoms with Gasteiger partial charge in [0.25, 0.3) is 5.91 Å². The summed E-state index contributed by atoms with van der Waals surface area (Å²) < 4.78 is 0. The number of hydrogen-bond acceptors (Lipinski definition) is 6. The number of nitrogens with one attached hydrogen (secondary N) is 2. The van der Waals surface area contributed by atoms with Crippen LogP contribution in [-0.4, -0.2) is 35.3 Å². The van der Waals surface area contributed by atoms with Crippen LogP contribution in [0.5, 0.6) is 0 Å². The van der Waals surface area contributed by atoms with E-state index in [4.69, 9.17) is 10.1 Å². The van der Waals surface area contributed by atoms with Gasteiger partial charge in [-0.3, -0.25) is 14.9 Å². The highest BCUT2D eigenvalue weighted by atomic mass is 17.1. The van der Waals surface area contributed by atoms with Crippen molar-refractivity contribution in [1.82, 2.24) is 10.8 Å². The molecule has 0 saturated heterocycles. The van der Waals surface area contributed by atoms with Gasteiger partial charge in [0.05, 0.1) is 17.7 Å². The molecule has 0 radical (unpaired) electrons. The van der Waals surface area contributed by atoms with Crippen LogP contribution in [0.25, 0.3) is 0 Å². The molecule has 212 valence electrons. The van der Waals surface area contributed by atoms with Crippen molar-refractivity contribution in [2.75, 3.05) is 13.1 Å². The van der Waals surface area contributed by atoms with Crippen LogP contribution in [0.2, 0.25) is 0 Å². The van der Waals surface area contributed by atoms with E-state index >= 15 is 0 Å². The average molecular weight is 555 g/mol. The first kappa shape index (κ1) is 29.6. The quantitative estimate of drug-likeness (QED) is 0.0883. The summed E-state index contributed by atoms with van der Waals surface area (Å²) in [5, 5.41) is 21.3. The third-order valence-corrected chi connectivity index (χ3v) is 6.62. The Morgan fingerprint density at radius 2 is 1.29 bits per heavy atom. The number of carbonyl (C=O) groups is 2. The van der Waals surface area contributed by atoms with Crippen LogP contribution in [0.4, 0.5) is 0 Å². The van der Waals surface area contributed by atoms with Crippen LogP contribution < -0.4 is 10.8 Å². The van der Waals surface area contributed by atoms with Crippen molar-refractivity contribution in [2.45, 2.75) is 32.5 Å². The van der Waals surface area contributed by atoms with Crippen molar-refractivity contribution in [3.8, 4) is 0 Å². The van der Waals surface area contributed by atoms with Gasteiger partial charge < -0.3 is 10.4 Å². The molecular weight excluding hydrogens is 520 g/mol. The number of hydroxylamine groups is 1. The van der Waals surface area contributed by atoms with E-state index < -0.39 is 11.9 Å². The highest BCUT2D eigenvalue weighted by Gasteiger charge is 2.17. The second-order valence-corrected chi connectivity index (χ2v) is 9.68. The number of hydrogen-bond donors (Lipinski definition) is 4. The molecule has 0 aliphatic rings. The SMILES string of the molecule is O=C(O)c1ccc(Cc2ccccc2)cc1C(=O)NCCCNOCc1cc(Cc2ccccc2)ccc1COO. The molecule has 0 aliphatic heterocycles. The smallest absolute Gasteiger partial charge is 0.336 e. The lowest BCUT2D eigenvalue weighted by Crippen LogP contribution is -2.29. The minimum Gasteiger partial charge on any atom is -0.478 e. The Morgan fingerprint density at radius 3 is 1.93 bits per heavy atom. The fraction of sp³-hybridized carbons (Fsp3) is 0.212. The van der Waals surface area contributed by atoms with Crippen molar-refractivity contribution in [2.24, 2.45) is 0 Å². The van der Waals surface area contributed by atoms with E-state index in [9.17, 15) is 14.7 Å². The molecule has 0 spiro atoms. The third-order valence-electron chi connectivity index (χ3n) is 6.62. The topological polar surface area (TPSA) is 117 Å². The van der Waals surface area contributed by atoms with Crippen molar-refractivity contribution >= 4 is 11.9 Å². The molecule has 0 bridgehead atoms. The maximum atomic E-state index is 12.9. The predicted octanol–water partition coefficient (Wildman–Crippen LogP) is 5.40. The molecule has 0 unspecified atom stereocenters. The van der Waals surface area contributed by atoms with Gasteiger partial charge in [0, 0.05) is 13.1 Å². The van der Waals surface area contributed by atoms with E-state index in [0.29, 0.717) is 25.9 Å². The number of aromatic carboxylic acids is 1. The second-order valence-electron chi connectivity index (χ2n) is 9.68. The normalized spacial score (nSPS) is 10.9. The molecule has 0 fully saturated rings. The van der Waals surface area contributed by atoms with Gasteiger partial charge in [-0.2, -0.15) is 0 Å². The summed E-state index contributed by atoms with van der Waals surface area (Å²) in [5.74, 6) is -1.57. The Balaban J connectivity index is 1.25. The molecule has 8 nitrogen and oxygen atoms in total. The highest BCUT2D eigenvalue weighted by Crippen LogP contribution is 2.18. The zero-order valence-electron chi connectivity index (χ0n) is 22.7. The summed E-state index contributed by atoms with van der Waals surface area (Å²) in [6.45, 7) is 1.13. The van der Waals surface area contributed by atoms with Crippen LogP contribution in [0, 0.1) is 0 Å². The molecule has 4 N–H and O–H groups in total. The number of amides is 1. The van der Waals surface area contributed by atoms with Gasteiger partial charge in [0.1, 0.15) is 6.61 Å². The monoisotopic (exact) mass is 554 g/mol. The Kier molecular flexibility index (Phi) is 11.2. The Bertz CT molecular complexity index is 1430. The number of benzene rings is 4. The van der Waals surface area contributed by atoms with Gasteiger partial charge in [0.15, 0.2) is 0 Å². The van der Waals surface area contributed by atoms with E-state index in [1.165, 1.54) is 11.6 Å². The molecule has 0 atom stereocenters. The Labute approximate surface area is 239 Å². The summed E-state index contributed by atoms with van der Waals surface area (Å²) in [4.78, 5) is 34.6. The predicted molar refractivity (Wildman–Crippen MR) is 155 cm³/mol. The second kappa shape index (κ2) is 15.4. The van der Waals surface area contributed by atoms with Crippen LogP contribution in [0.15, 0.2) is 97.1 Å². The van der Waals surface area contributed by atoms with Crippen molar-refractivity contribution in [3.63, 3.8) is 0 Å². The lowest BCUT2D eigenvalue weighted by molar-refractivity contribution is -0.253. The van der Waals surface area contributed by atoms with Crippen molar-refractivity contribution in [3.05, 3.63) is 142 Å². The number of carboxylic acids is 1. The summed E-state index contributed by atoms with van der Waals surface area (Å²) in [7, 11) is 0. The molecule has 0 aromatic heterocycles. The molecule has 41 heavy (non-hydrogen) atoms. The number of rotatable bonds is 15. The summed E-state index contributed by atoms with van der Waals surface area (Å²) in [6.07, 6.45) is 1.95. The van der Waals surface area contributed by atoms with Crippen LogP contribution in [0.1, 0.15) is 60.5 Å². The zero-order valence-corrected chi connectivity index (χ0v) is 22.7. The molecule has 1 amide bonds. The van der Waals surface area contributed by atoms with E-state index in [2.05, 4.69) is 27.8 Å². The van der Waals surface area contributed by atoms with Crippen molar-refractivity contribution in [1.29, 1.82) is 0 Å². The molecule has 0 aliphatic carbocycles. The Hall–Kier alpha value is -4.34. The van der Waals surface area contributed by atoms with Gasteiger partial charge in [-0.1, -0.05) is 84.9 Å². The van der Waals surface area contributed by atoms with Gasteiger partial charge in [-0.05, 0) is 64.8 Å². The van der Waals surface area contributed by atoms with E-state index in [0.717, 1.165) is 34.2 Å². The summed E-state index contributed by atoms with van der Waals surface area (Å²) in [5.41, 5.74) is 8.98. The average Bonchev–Trinajstić information content (AvgIpc) is 2.98. The maximum Gasteiger partial charge on any atom is 0.336 e. The largest absolute Gasteiger partial charge is 0.478 e. The maximum absolute atomic E-state index is 12.9. The summed E-state index contributed by atoms with van der Waals surface area (Å²) in [6, 6.07) is 30.8. The van der Waals surface area contributed by atoms with Gasteiger partial charge in [0.2, 0.25) is 0 Å². The lowest BCUT2D eigenvalue weighted by atomic mass is 9.98. The van der Waals surface area contributed by atoms with Gasteiger partial charge in [-0.15, -0.1) is 0 Å². The first-order valence-electron chi connectivity index (χ1n) is 13.5. The number of carboxylic acid groups (broad SMARTS) is 1. The fourth-order valence-electron chi connectivity index (χ4n) is 4.53. The third kappa shape index (κ3) is 9.09. The molecule has 4 aromatic rings. The first-order valence-corrected chi connectivity index (χ1v) is 13.5. The number of carbonyl (C=O) groups excluding carboxylic acids is 1. The Morgan fingerprint density at radius 1 is 0.659 bits per heavy atom. The molecule has 4 aromatic carbocycles. The molecule has 0 heterocycles. The van der Waals surface area contributed by atoms with E-state index in [-0.39, 0.29) is 24.3 Å². The first-order chi connectivity index (χ1) is 20.0. The van der Waals surface area contributed by atoms with Crippen LogP contribution in [-0.2, 0) is 35.8 Å². The van der Waals surface area contributed by atoms with E-state index in [1.54, 1.807) is 12.1 Å². The highest BCUT2D eigenvalue weighted by molar-refractivity contribution is 6.04. The van der Waals surface area contributed by atoms with Crippen molar-refractivity contribution < 1.29 is 29.7 Å². The lowest BCUT2D eigenvalue weighted by Gasteiger charge is -2.13.